The lowest BCUT2D eigenvalue weighted by Crippen LogP contribution is -2.47. The molecular formula is C39H40ClF3N8O6S. The van der Waals surface area contributed by atoms with Crippen LogP contribution in [0.5, 0.6) is 5.75 Å². The van der Waals surface area contributed by atoms with Gasteiger partial charge in [-0.25, -0.2) is 22.8 Å². The number of halogens is 4. The lowest BCUT2D eigenvalue weighted by atomic mass is 9.95. The molecule has 0 aliphatic carbocycles. The Morgan fingerprint density at radius 1 is 1.28 bits per heavy atom. The van der Waals surface area contributed by atoms with E-state index in [4.69, 9.17) is 25.8 Å². The van der Waals surface area contributed by atoms with Crippen molar-refractivity contribution in [2.75, 3.05) is 58.4 Å². The number of ether oxygens (including phenoxy) is 3. The molecular weight excluding hydrogens is 801 g/mol. The van der Waals surface area contributed by atoms with E-state index < -0.39 is 41.1 Å². The van der Waals surface area contributed by atoms with Gasteiger partial charge in [-0.05, 0) is 58.2 Å². The van der Waals surface area contributed by atoms with Gasteiger partial charge < -0.3 is 34.0 Å². The third-order valence-corrected chi connectivity index (χ3v) is 12.0. The van der Waals surface area contributed by atoms with Crippen LogP contribution < -0.4 is 20.6 Å². The highest BCUT2D eigenvalue weighted by Gasteiger charge is 2.49. The molecule has 4 aliphatic rings. The Hall–Kier alpha value is -5.43. The first-order valence-corrected chi connectivity index (χ1v) is 19.7. The molecule has 0 spiro atoms. The molecule has 2 saturated heterocycles. The van der Waals surface area contributed by atoms with Gasteiger partial charge in [-0.15, -0.1) is 11.3 Å². The normalized spacial score (nSPS) is 19.9. The van der Waals surface area contributed by atoms with Crippen LogP contribution >= 0.6 is 22.9 Å². The predicted molar refractivity (Wildman–Crippen MR) is 208 cm³/mol. The third-order valence-electron chi connectivity index (χ3n) is 10.5. The number of rotatable bonds is 10. The summed E-state index contributed by atoms with van der Waals surface area (Å²) in [4.78, 5) is 35.5. The molecule has 1 aromatic heterocycles. The number of nitrogens with zero attached hydrogens (tertiary/aromatic N) is 7. The molecule has 19 heteroatoms. The Labute approximate surface area is 340 Å². The number of alkyl halides is 1. The fourth-order valence-electron chi connectivity index (χ4n) is 8.01. The number of hydrogen-bond donors (Lipinski definition) is 2. The van der Waals surface area contributed by atoms with E-state index in [9.17, 15) is 29.6 Å². The standard InChI is InChI=1S/C39H40ClF3N8O6S/c1-38(2,3)57-36(52)47-34-23(16-45)26-22(7-8-24(42)33(26)58-34)27-29(40)31-28-32(30(27)43)56-25(55-19-39-9-5-13-51(39)17-21(41)15-39)18-49(12-6-11-48(4)37(53)54)35(28)50(14-10-44)20-46-31/h7-8,18,21H,5-6,9,11-15,17,19-20H2,1-4H3,(H,47,52)(H,53,54)/t21-,39+/m1/s1. The summed E-state index contributed by atoms with van der Waals surface area (Å²) in [5.74, 6) is -2.02. The van der Waals surface area contributed by atoms with Gasteiger partial charge in [0, 0.05) is 44.1 Å². The number of amides is 2. The summed E-state index contributed by atoms with van der Waals surface area (Å²) in [7, 11) is 1.43. The molecule has 306 valence electrons. The zero-order valence-corrected chi connectivity index (χ0v) is 33.7. The molecule has 2 amide bonds. The van der Waals surface area contributed by atoms with Crippen LogP contribution in [-0.4, -0.2) is 107 Å². The van der Waals surface area contributed by atoms with Crippen molar-refractivity contribution in [1.29, 1.82) is 10.5 Å². The summed E-state index contributed by atoms with van der Waals surface area (Å²) >= 11 is 7.89. The van der Waals surface area contributed by atoms with Crippen molar-refractivity contribution in [3.63, 3.8) is 0 Å². The number of fused-ring (bicyclic) bond motifs is 2. The predicted octanol–water partition coefficient (Wildman–Crippen LogP) is 6.29. The summed E-state index contributed by atoms with van der Waals surface area (Å²) in [6.45, 7) is 5.96. The summed E-state index contributed by atoms with van der Waals surface area (Å²) in [6.07, 6.45) is 0.511. The van der Waals surface area contributed by atoms with E-state index >= 15 is 8.78 Å². The smallest absolute Gasteiger partial charge is 0.412 e. The van der Waals surface area contributed by atoms with E-state index in [1.807, 2.05) is 6.07 Å². The second-order valence-electron chi connectivity index (χ2n) is 15.5. The summed E-state index contributed by atoms with van der Waals surface area (Å²) in [5.41, 5.74) is -1.91. The molecule has 2 aromatic carbocycles. The van der Waals surface area contributed by atoms with Crippen LogP contribution in [0.1, 0.15) is 52.0 Å². The number of nitriles is 2. The van der Waals surface area contributed by atoms with Gasteiger partial charge in [-0.2, -0.15) is 10.5 Å². The van der Waals surface area contributed by atoms with Crippen LogP contribution in [0, 0.1) is 34.3 Å². The van der Waals surface area contributed by atoms with Crippen molar-refractivity contribution >= 4 is 56.0 Å². The molecule has 14 nitrogen and oxygen atoms in total. The van der Waals surface area contributed by atoms with Crippen molar-refractivity contribution < 1.29 is 42.1 Å². The Balaban J connectivity index is 1.41. The second kappa shape index (κ2) is 15.7. The average Bonchev–Trinajstić information content (AvgIpc) is 3.77. The second-order valence-corrected chi connectivity index (χ2v) is 16.9. The summed E-state index contributed by atoms with van der Waals surface area (Å²) in [5, 5.41) is 32.1. The maximum Gasteiger partial charge on any atom is 0.412 e. The van der Waals surface area contributed by atoms with Crippen LogP contribution in [-0.2, 0) is 9.47 Å². The molecule has 0 radical (unpaired) electrons. The Bertz CT molecular complexity index is 2450. The largest absolute Gasteiger partial charge is 0.465 e. The van der Waals surface area contributed by atoms with Crippen LogP contribution in [0.3, 0.4) is 0 Å². The lowest BCUT2D eigenvalue weighted by molar-refractivity contribution is 0.0256. The van der Waals surface area contributed by atoms with E-state index in [1.165, 1.54) is 19.3 Å². The quantitative estimate of drug-likeness (QED) is 0.221. The number of benzene rings is 2. The van der Waals surface area contributed by atoms with Crippen molar-refractivity contribution in [1.82, 2.24) is 19.6 Å². The Kier molecular flexibility index (Phi) is 11.1. The molecule has 58 heavy (non-hydrogen) atoms. The van der Waals surface area contributed by atoms with E-state index in [0.717, 1.165) is 28.7 Å². The molecule has 2 N–H and O–H groups in total. The zero-order valence-electron chi connectivity index (χ0n) is 32.1. The Morgan fingerprint density at radius 3 is 2.76 bits per heavy atom. The van der Waals surface area contributed by atoms with Crippen LogP contribution in [0.4, 0.5) is 27.8 Å². The van der Waals surface area contributed by atoms with Gasteiger partial charge in [0.25, 0.3) is 0 Å². The van der Waals surface area contributed by atoms with E-state index in [0.29, 0.717) is 13.0 Å². The third kappa shape index (κ3) is 7.52. The van der Waals surface area contributed by atoms with E-state index in [-0.39, 0.29) is 117 Å². The number of anilines is 1. The monoisotopic (exact) mass is 840 g/mol. The lowest BCUT2D eigenvalue weighted by Gasteiger charge is -2.33. The van der Waals surface area contributed by atoms with E-state index in [2.05, 4.69) is 21.3 Å². The molecule has 2 fully saturated rings. The van der Waals surface area contributed by atoms with Crippen LogP contribution in [0.25, 0.3) is 27.0 Å². The minimum atomic E-state index is -1.13. The fraction of sp³-hybridized carbons (Fsp3) is 0.462. The minimum Gasteiger partial charge on any atom is -0.465 e. The number of carbonyl (C=O) groups is 2. The number of carboxylic acid groups (broad SMARTS) is 1. The highest BCUT2D eigenvalue weighted by atomic mass is 35.5. The van der Waals surface area contributed by atoms with Gasteiger partial charge >= 0.3 is 18.1 Å². The van der Waals surface area contributed by atoms with Crippen molar-refractivity contribution in [2.24, 2.45) is 4.99 Å². The van der Waals surface area contributed by atoms with E-state index in [1.54, 1.807) is 30.6 Å². The highest BCUT2D eigenvalue weighted by molar-refractivity contribution is 7.23. The van der Waals surface area contributed by atoms with Gasteiger partial charge in [-0.1, -0.05) is 17.7 Å². The first-order chi connectivity index (χ1) is 27.6. The summed E-state index contributed by atoms with van der Waals surface area (Å²) < 4.78 is 66.0. The maximum atomic E-state index is 17.7. The van der Waals surface area contributed by atoms with Gasteiger partial charge in [0.05, 0.1) is 43.7 Å². The number of hydrogen-bond acceptors (Lipinski definition) is 12. The molecule has 0 saturated carbocycles. The maximum absolute atomic E-state index is 17.7. The number of carbonyl (C=O) groups excluding carboxylic acids is 1. The molecule has 7 rings (SSSR count). The van der Waals surface area contributed by atoms with Crippen molar-refractivity contribution in [3.8, 4) is 29.0 Å². The van der Waals surface area contributed by atoms with Gasteiger partial charge in [0.1, 0.15) is 54.3 Å². The van der Waals surface area contributed by atoms with Crippen molar-refractivity contribution in [3.05, 3.63) is 57.1 Å². The average molecular weight is 841 g/mol. The zero-order chi connectivity index (χ0) is 41.7. The van der Waals surface area contributed by atoms with Crippen LogP contribution in [0.2, 0.25) is 5.02 Å². The SMILES string of the molecule is CN(CCCN1C=C(OC[C@@]23CCCN2C[C@H](F)C3)Oc2c(F)c(-c3ccc(F)c4sc(NC(=O)OC(C)(C)C)c(C#N)c34)c(Cl)c3c2=C1N(CC#N)CN=3)C(=O)O. The molecule has 5 heterocycles. The first-order valence-electron chi connectivity index (χ1n) is 18.5. The summed E-state index contributed by atoms with van der Waals surface area (Å²) in [6, 6.07) is 6.50. The van der Waals surface area contributed by atoms with Crippen LogP contribution in [0.15, 0.2) is 29.3 Å². The minimum absolute atomic E-state index is 0.00693. The van der Waals surface area contributed by atoms with Gasteiger partial charge in [-0.3, -0.25) is 15.2 Å². The fourth-order valence-corrected chi connectivity index (χ4v) is 9.42. The van der Waals surface area contributed by atoms with Gasteiger partial charge in [0.15, 0.2) is 11.6 Å². The molecule has 0 unspecified atom stereocenters. The van der Waals surface area contributed by atoms with Crippen molar-refractivity contribution in [2.45, 2.75) is 63.8 Å². The number of nitrogens with one attached hydrogen (secondary N) is 1. The molecule has 2 atom stereocenters. The molecule has 4 aliphatic heterocycles. The van der Waals surface area contributed by atoms with Gasteiger partial charge in [0.2, 0.25) is 0 Å². The number of thiophene rings is 1. The first kappa shape index (κ1) is 40.8. The topological polar surface area (TPSA) is 167 Å². The highest BCUT2D eigenvalue weighted by Crippen LogP contribution is 2.46. The molecule has 0 bridgehead atoms. The molecule has 3 aromatic rings. The Morgan fingerprint density at radius 2 is 2.05 bits per heavy atom.